The fourth-order valence-electron chi connectivity index (χ4n) is 1.79. The standard InChI is InChI=1S/C14H15NO3/c15-13-4-1-3-10-9-11(6-7-12(10)13)18-8-2-5-14(16)17/h1,3-4,6-7,9H,2,5,8,15H2,(H,16,17). The Morgan fingerprint density at radius 3 is 2.89 bits per heavy atom. The molecule has 2 rings (SSSR count). The van der Waals surface area contributed by atoms with Crippen LogP contribution in [0.15, 0.2) is 36.4 Å². The first-order valence-corrected chi connectivity index (χ1v) is 5.79. The van der Waals surface area contributed by atoms with Gasteiger partial charge >= 0.3 is 5.97 Å². The highest BCUT2D eigenvalue weighted by Gasteiger charge is 2.01. The minimum Gasteiger partial charge on any atom is -0.494 e. The third-order valence-electron chi connectivity index (χ3n) is 2.69. The Labute approximate surface area is 105 Å². The lowest BCUT2D eigenvalue weighted by atomic mass is 10.1. The molecular formula is C14H15NO3. The van der Waals surface area contributed by atoms with Crippen LogP contribution in [-0.2, 0) is 4.79 Å². The summed E-state index contributed by atoms with van der Waals surface area (Å²) in [5, 5.41) is 10.5. The van der Waals surface area contributed by atoms with Crippen molar-refractivity contribution in [3.8, 4) is 5.75 Å². The number of hydrogen-bond donors (Lipinski definition) is 2. The molecule has 2 aromatic rings. The summed E-state index contributed by atoms with van der Waals surface area (Å²) in [5.74, 6) is -0.0663. The number of hydrogen-bond acceptors (Lipinski definition) is 3. The van der Waals surface area contributed by atoms with E-state index in [1.165, 1.54) is 0 Å². The molecule has 0 spiro atoms. The van der Waals surface area contributed by atoms with Gasteiger partial charge in [-0.2, -0.15) is 0 Å². The summed E-state index contributed by atoms with van der Waals surface area (Å²) in [6.45, 7) is 0.403. The second-order valence-electron chi connectivity index (χ2n) is 4.08. The predicted molar refractivity (Wildman–Crippen MR) is 70.7 cm³/mol. The van der Waals surface area contributed by atoms with E-state index in [0.717, 1.165) is 22.2 Å². The van der Waals surface area contributed by atoms with Gasteiger partial charge in [-0.15, -0.1) is 0 Å². The van der Waals surface area contributed by atoms with Crippen molar-refractivity contribution in [2.24, 2.45) is 0 Å². The normalized spacial score (nSPS) is 10.4. The molecule has 0 aliphatic heterocycles. The van der Waals surface area contributed by atoms with Crippen LogP contribution < -0.4 is 10.5 Å². The summed E-state index contributed by atoms with van der Waals surface area (Å²) in [4.78, 5) is 10.4. The van der Waals surface area contributed by atoms with Gasteiger partial charge in [-0.3, -0.25) is 4.79 Å². The van der Waals surface area contributed by atoms with E-state index in [2.05, 4.69) is 0 Å². The maximum Gasteiger partial charge on any atom is 0.303 e. The molecule has 0 unspecified atom stereocenters. The summed E-state index contributed by atoms with van der Waals surface area (Å²) < 4.78 is 5.50. The molecule has 0 amide bonds. The monoisotopic (exact) mass is 245 g/mol. The number of anilines is 1. The molecule has 0 aromatic heterocycles. The number of ether oxygens (including phenoxy) is 1. The van der Waals surface area contributed by atoms with Gasteiger partial charge in [0.05, 0.1) is 6.61 Å². The van der Waals surface area contributed by atoms with Gasteiger partial charge in [-0.25, -0.2) is 0 Å². The van der Waals surface area contributed by atoms with Gasteiger partial charge in [0.2, 0.25) is 0 Å². The topological polar surface area (TPSA) is 72.5 Å². The van der Waals surface area contributed by atoms with Gasteiger partial charge in [0.1, 0.15) is 5.75 Å². The van der Waals surface area contributed by atoms with Crippen molar-refractivity contribution in [2.45, 2.75) is 12.8 Å². The van der Waals surface area contributed by atoms with Crippen molar-refractivity contribution in [1.29, 1.82) is 0 Å². The van der Waals surface area contributed by atoms with Crippen LogP contribution in [0.3, 0.4) is 0 Å². The first-order valence-electron chi connectivity index (χ1n) is 5.79. The maximum atomic E-state index is 10.4. The van der Waals surface area contributed by atoms with Crippen molar-refractivity contribution in [2.75, 3.05) is 12.3 Å². The van der Waals surface area contributed by atoms with Crippen molar-refractivity contribution in [1.82, 2.24) is 0 Å². The van der Waals surface area contributed by atoms with E-state index in [4.69, 9.17) is 15.6 Å². The number of carbonyl (C=O) groups is 1. The summed E-state index contributed by atoms with van der Waals surface area (Å²) in [7, 11) is 0. The second kappa shape index (κ2) is 5.40. The van der Waals surface area contributed by atoms with Gasteiger partial charge in [-0.1, -0.05) is 12.1 Å². The number of carboxylic acid groups (broad SMARTS) is 1. The van der Waals surface area contributed by atoms with E-state index in [1.807, 2.05) is 36.4 Å². The zero-order chi connectivity index (χ0) is 13.0. The van der Waals surface area contributed by atoms with Crippen molar-refractivity contribution < 1.29 is 14.6 Å². The third kappa shape index (κ3) is 2.91. The van der Waals surface area contributed by atoms with E-state index in [9.17, 15) is 4.79 Å². The Kier molecular flexibility index (Phi) is 3.67. The molecule has 0 aliphatic rings. The molecular weight excluding hydrogens is 230 g/mol. The molecule has 0 saturated heterocycles. The third-order valence-corrected chi connectivity index (χ3v) is 2.69. The van der Waals surface area contributed by atoms with Gasteiger partial charge in [0.15, 0.2) is 0 Å². The number of nitrogen functional groups attached to an aromatic ring is 1. The van der Waals surface area contributed by atoms with Gasteiger partial charge in [0.25, 0.3) is 0 Å². The Hall–Kier alpha value is -2.23. The lowest BCUT2D eigenvalue weighted by Gasteiger charge is -2.07. The molecule has 94 valence electrons. The number of rotatable bonds is 5. The van der Waals surface area contributed by atoms with Gasteiger partial charge in [-0.05, 0) is 36.1 Å². The highest BCUT2D eigenvalue weighted by molar-refractivity contribution is 5.93. The fourth-order valence-corrected chi connectivity index (χ4v) is 1.79. The van der Waals surface area contributed by atoms with Crippen LogP contribution in [-0.4, -0.2) is 17.7 Å². The SMILES string of the molecule is Nc1cccc2cc(OCCCC(=O)O)ccc12. The molecule has 0 aliphatic carbocycles. The number of carboxylic acids is 1. The number of nitrogens with two attached hydrogens (primary N) is 1. The zero-order valence-electron chi connectivity index (χ0n) is 9.93. The summed E-state index contributed by atoms with van der Waals surface area (Å²) in [5.41, 5.74) is 6.60. The molecule has 0 heterocycles. The molecule has 0 atom stereocenters. The molecule has 2 aromatic carbocycles. The van der Waals surface area contributed by atoms with Crippen molar-refractivity contribution in [3.63, 3.8) is 0 Å². The Balaban J connectivity index is 2.04. The minimum atomic E-state index is -0.801. The van der Waals surface area contributed by atoms with E-state index < -0.39 is 5.97 Å². The van der Waals surface area contributed by atoms with E-state index in [1.54, 1.807) is 0 Å². The molecule has 0 fully saturated rings. The Bertz CT molecular complexity index is 566. The van der Waals surface area contributed by atoms with E-state index in [-0.39, 0.29) is 6.42 Å². The molecule has 4 nitrogen and oxygen atoms in total. The van der Waals surface area contributed by atoms with Crippen molar-refractivity contribution in [3.05, 3.63) is 36.4 Å². The molecule has 0 radical (unpaired) electrons. The Morgan fingerprint density at radius 1 is 1.28 bits per heavy atom. The highest BCUT2D eigenvalue weighted by Crippen LogP contribution is 2.25. The molecule has 3 N–H and O–H groups in total. The van der Waals surface area contributed by atoms with Crippen LogP contribution in [0.2, 0.25) is 0 Å². The van der Waals surface area contributed by atoms with Crippen LogP contribution in [0.1, 0.15) is 12.8 Å². The summed E-state index contributed by atoms with van der Waals surface area (Å²) >= 11 is 0. The molecule has 18 heavy (non-hydrogen) atoms. The van der Waals surface area contributed by atoms with Gasteiger partial charge < -0.3 is 15.6 Å². The fraction of sp³-hybridized carbons (Fsp3) is 0.214. The van der Waals surface area contributed by atoms with Crippen LogP contribution in [0, 0.1) is 0 Å². The maximum absolute atomic E-state index is 10.4. The molecule has 4 heteroatoms. The number of fused-ring (bicyclic) bond motifs is 1. The number of aliphatic carboxylic acids is 1. The smallest absolute Gasteiger partial charge is 0.303 e. The van der Waals surface area contributed by atoms with Crippen LogP contribution >= 0.6 is 0 Å². The van der Waals surface area contributed by atoms with E-state index in [0.29, 0.717) is 13.0 Å². The number of benzene rings is 2. The second-order valence-corrected chi connectivity index (χ2v) is 4.08. The average Bonchev–Trinajstić information content (AvgIpc) is 2.35. The lowest BCUT2D eigenvalue weighted by molar-refractivity contribution is -0.137. The molecule has 0 saturated carbocycles. The van der Waals surface area contributed by atoms with E-state index >= 15 is 0 Å². The minimum absolute atomic E-state index is 0.126. The van der Waals surface area contributed by atoms with Crippen molar-refractivity contribution >= 4 is 22.4 Å². The highest BCUT2D eigenvalue weighted by atomic mass is 16.5. The Morgan fingerprint density at radius 2 is 2.11 bits per heavy atom. The van der Waals surface area contributed by atoms with Crippen LogP contribution in [0.5, 0.6) is 5.75 Å². The quantitative estimate of drug-likeness (QED) is 0.627. The van der Waals surface area contributed by atoms with Crippen LogP contribution in [0.25, 0.3) is 10.8 Å². The van der Waals surface area contributed by atoms with Gasteiger partial charge in [0, 0.05) is 17.5 Å². The first kappa shape index (κ1) is 12.2. The largest absolute Gasteiger partial charge is 0.494 e. The molecule has 0 bridgehead atoms. The lowest BCUT2D eigenvalue weighted by Crippen LogP contribution is -2.02. The average molecular weight is 245 g/mol. The zero-order valence-corrected chi connectivity index (χ0v) is 9.93. The van der Waals surface area contributed by atoms with Crippen LogP contribution in [0.4, 0.5) is 5.69 Å². The predicted octanol–water partition coefficient (Wildman–Crippen LogP) is 2.67. The summed E-state index contributed by atoms with van der Waals surface area (Å²) in [6, 6.07) is 11.4. The summed E-state index contributed by atoms with van der Waals surface area (Å²) in [6.07, 6.45) is 0.630. The first-order chi connectivity index (χ1) is 8.66.